The van der Waals surface area contributed by atoms with Gasteiger partial charge in [-0.15, -0.1) is 11.3 Å². The lowest BCUT2D eigenvalue weighted by molar-refractivity contribution is -0.137. The lowest BCUT2D eigenvalue weighted by atomic mass is 10.1. The average Bonchev–Trinajstić information content (AvgIpc) is 3.07. The minimum atomic E-state index is -4.40. The van der Waals surface area contributed by atoms with Gasteiger partial charge in [-0.25, -0.2) is 9.97 Å². The van der Waals surface area contributed by atoms with Gasteiger partial charge in [-0.05, 0) is 31.2 Å². The molecule has 4 aromatic rings. The number of hydrogen-bond donors (Lipinski definition) is 1. The Morgan fingerprint density at radius 3 is 2.52 bits per heavy atom. The van der Waals surface area contributed by atoms with E-state index in [0.717, 1.165) is 39.3 Å². The van der Waals surface area contributed by atoms with Crippen molar-refractivity contribution in [3.63, 3.8) is 0 Å². The number of thiazole rings is 1. The fourth-order valence-electron chi connectivity index (χ4n) is 2.76. The van der Waals surface area contributed by atoms with Gasteiger partial charge >= 0.3 is 6.18 Å². The van der Waals surface area contributed by atoms with E-state index < -0.39 is 11.7 Å². The number of anilines is 2. The lowest BCUT2D eigenvalue weighted by Gasteiger charge is -2.11. The zero-order valence-electron chi connectivity index (χ0n) is 14.1. The van der Waals surface area contributed by atoms with Crippen LogP contribution in [-0.2, 0) is 6.18 Å². The maximum Gasteiger partial charge on any atom is 0.417 e. The standard InChI is InChI=1S/C19H13F3N4S/c1-11-18(25-10-27-11)12-2-4-14-15(6-7-23-16(14)8-12)26-17-5-3-13(9-24-17)19(20,21)22/h2-10H,1H3,(H,23,24,26). The Morgan fingerprint density at radius 2 is 1.85 bits per heavy atom. The van der Waals surface area contributed by atoms with Crippen molar-refractivity contribution in [3.05, 3.63) is 64.7 Å². The molecule has 4 nitrogen and oxygen atoms in total. The zero-order chi connectivity index (χ0) is 19.0. The summed E-state index contributed by atoms with van der Waals surface area (Å²) in [5, 5.41) is 3.90. The summed E-state index contributed by atoms with van der Waals surface area (Å²) in [4.78, 5) is 13.8. The molecule has 0 amide bonds. The highest BCUT2D eigenvalue weighted by molar-refractivity contribution is 7.10. The third-order valence-corrected chi connectivity index (χ3v) is 4.87. The van der Waals surface area contributed by atoms with Crippen LogP contribution in [0.4, 0.5) is 24.7 Å². The Bertz CT molecular complexity index is 1100. The molecule has 1 N–H and O–H groups in total. The normalized spacial score (nSPS) is 11.7. The molecular weight excluding hydrogens is 373 g/mol. The molecule has 0 bridgehead atoms. The Labute approximate surface area is 156 Å². The number of benzene rings is 1. The molecule has 0 unspecified atom stereocenters. The highest BCUT2D eigenvalue weighted by Crippen LogP contribution is 2.32. The van der Waals surface area contributed by atoms with Crippen LogP contribution in [0.3, 0.4) is 0 Å². The Morgan fingerprint density at radius 1 is 1.00 bits per heavy atom. The Hall–Kier alpha value is -3.00. The molecule has 27 heavy (non-hydrogen) atoms. The largest absolute Gasteiger partial charge is 0.417 e. The van der Waals surface area contributed by atoms with Crippen LogP contribution >= 0.6 is 11.3 Å². The van der Waals surface area contributed by atoms with Crippen LogP contribution in [0, 0.1) is 6.92 Å². The van der Waals surface area contributed by atoms with Gasteiger partial charge in [0.05, 0.1) is 28.0 Å². The Balaban J connectivity index is 1.67. The molecule has 3 aromatic heterocycles. The molecule has 4 rings (SSSR count). The van der Waals surface area contributed by atoms with E-state index in [-0.39, 0.29) is 0 Å². The van der Waals surface area contributed by atoms with Gasteiger partial charge in [-0.3, -0.25) is 4.98 Å². The molecule has 0 saturated carbocycles. The molecule has 0 aliphatic heterocycles. The van der Waals surface area contributed by atoms with E-state index in [1.54, 1.807) is 29.1 Å². The Kier molecular flexibility index (Phi) is 4.27. The highest BCUT2D eigenvalue weighted by Gasteiger charge is 2.30. The number of alkyl halides is 3. The number of fused-ring (bicyclic) bond motifs is 1. The maximum absolute atomic E-state index is 12.7. The van der Waals surface area contributed by atoms with E-state index >= 15 is 0 Å². The van der Waals surface area contributed by atoms with Crippen molar-refractivity contribution in [1.29, 1.82) is 0 Å². The second-order valence-corrected chi connectivity index (χ2v) is 6.96. The number of halogens is 3. The van der Waals surface area contributed by atoms with Crippen molar-refractivity contribution in [3.8, 4) is 11.3 Å². The van der Waals surface area contributed by atoms with E-state index in [1.165, 1.54) is 6.07 Å². The van der Waals surface area contributed by atoms with Crippen molar-refractivity contribution < 1.29 is 13.2 Å². The van der Waals surface area contributed by atoms with E-state index in [4.69, 9.17) is 0 Å². The fourth-order valence-corrected chi connectivity index (χ4v) is 3.36. The van der Waals surface area contributed by atoms with Gasteiger partial charge in [0.1, 0.15) is 5.82 Å². The summed E-state index contributed by atoms with van der Waals surface area (Å²) in [6.07, 6.45) is -1.94. The second-order valence-electron chi connectivity index (χ2n) is 5.90. The SMILES string of the molecule is Cc1scnc1-c1ccc2c(Nc3ccc(C(F)(F)F)cn3)ccnc2c1. The summed E-state index contributed by atoms with van der Waals surface area (Å²) in [6.45, 7) is 2.01. The number of rotatable bonds is 3. The molecule has 8 heteroatoms. The van der Waals surface area contributed by atoms with Crippen molar-refractivity contribution in [2.75, 3.05) is 5.32 Å². The molecule has 0 saturated heterocycles. The van der Waals surface area contributed by atoms with Crippen LogP contribution in [0.1, 0.15) is 10.4 Å². The molecule has 0 radical (unpaired) electrons. The monoisotopic (exact) mass is 386 g/mol. The molecule has 0 aliphatic rings. The second kappa shape index (κ2) is 6.62. The third-order valence-electron chi connectivity index (χ3n) is 4.11. The summed E-state index contributed by atoms with van der Waals surface area (Å²) in [7, 11) is 0. The maximum atomic E-state index is 12.7. The summed E-state index contributed by atoms with van der Waals surface area (Å²) >= 11 is 1.58. The minimum Gasteiger partial charge on any atom is -0.340 e. The first kappa shape index (κ1) is 17.4. The number of pyridine rings is 2. The molecular formula is C19H13F3N4S. The topological polar surface area (TPSA) is 50.7 Å². The predicted molar refractivity (Wildman–Crippen MR) is 100 cm³/mol. The van der Waals surface area contributed by atoms with Crippen LogP contribution in [0.2, 0.25) is 0 Å². The van der Waals surface area contributed by atoms with E-state index in [2.05, 4.69) is 20.3 Å². The van der Waals surface area contributed by atoms with Crippen LogP contribution < -0.4 is 5.32 Å². The van der Waals surface area contributed by atoms with Gasteiger partial charge < -0.3 is 5.32 Å². The van der Waals surface area contributed by atoms with Gasteiger partial charge in [0.25, 0.3) is 0 Å². The molecule has 136 valence electrons. The predicted octanol–water partition coefficient (Wildman–Crippen LogP) is 5.82. The summed E-state index contributed by atoms with van der Waals surface area (Å²) in [5.74, 6) is 0.329. The van der Waals surface area contributed by atoms with Crippen LogP contribution in [0.25, 0.3) is 22.2 Å². The number of nitrogens with zero attached hydrogens (tertiary/aromatic N) is 3. The smallest absolute Gasteiger partial charge is 0.340 e. The van der Waals surface area contributed by atoms with E-state index in [1.807, 2.05) is 25.1 Å². The first-order valence-corrected chi connectivity index (χ1v) is 8.89. The average molecular weight is 386 g/mol. The summed E-state index contributed by atoms with van der Waals surface area (Å²) in [5.41, 5.74) is 4.39. The molecule has 0 fully saturated rings. The van der Waals surface area contributed by atoms with E-state index in [0.29, 0.717) is 11.5 Å². The number of aryl methyl sites for hydroxylation is 1. The van der Waals surface area contributed by atoms with Crippen LogP contribution in [0.15, 0.2) is 54.3 Å². The van der Waals surface area contributed by atoms with Crippen molar-refractivity contribution in [2.24, 2.45) is 0 Å². The van der Waals surface area contributed by atoms with Crippen LogP contribution in [-0.4, -0.2) is 15.0 Å². The van der Waals surface area contributed by atoms with Crippen molar-refractivity contribution >= 4 is 33.7 Å². The van der Waals surface area contributed by atoms with Gasteiger partial charge in [0.2, 0.25) is 0 Å². The van der Waals surface area contributed by atoms with Gasteiger partial charge in [-0.1, -0.05) is 12.1 Å². The number of nitrogens with one attached hydrogen (secondary N) is 1. The summed E-state index contributed by atoms with van der Waals surface area (Å²) < 4.78 is 38.0. The quantitative estimate of drug-likeness (QED) is 0.482. The minimum absolute atomic E-state index is 0.329. The van der Waals surface area contributed by atoms with Gasteiger partial charge in [0, 0.05) is 28.2 Å². The molecule has 0 atom stereocenters. The van der Waals surface area contributed by atoms with Gasteiger partial charge in [0.15, 0.2) is 0 Å². The molecule has 0 aliphatic carbocycles. The van der Waals surface area contributed by atoms with Crippen molar-refractivity contribution in [2.45, 2.75) is 13.1 Å². The highest BCUT2D eigenvalue weighted by atomic mass is 32.1. The third kappa shape index (κ3) is 3.48. The fraction of sp³-hybridized carbons (Fsp3) is 0.105. The molecule has 3 heterocycles. The zero-order valence-corrected chi connectivity index (χ0v) is 14.9. The van der Waals surface area contributed by atoms with Crippen LogP contribution in [0.5, 0.6) is 0 Å². The van der Waals surface area contributed by atoms with Crippen molar-refractivity contribution in [1.82, 2.24) is 15.0 Å². The number of hydrogen-bond acceptors (Lipinski definition) is 5. The number of aromatic nitrogens is 3. The first-order chi connectivity index (χ1) is 12.9. The summed E-state index contributed by atoms with van der Waals surface area (Å²) in [6, 6.07) is 9.89. The van der Waals surface area contributed by atoms with Gasteiger partial charge in [-0.2, -0.15) is 13.2 Å². The molecule has 0 spiro atoms. The lowest BCUT2D eigenvalue weighted by Crippen LogP contribution is -2.05. The first-order valence-electron chi connectivity index (χ1n) is 8.01. The van der Waals surface area contributed by atoms with E-state index in [9.17, 15) is 13.2 Å². The molecule has 1 aromatic carbocycles.